The molecule has 0 aliphatic heterocycles. The summed E-state index contributed by atoms with van der Waals surface area (Å²) in [6.45, 7) is 0. The van der Waals surface area contributed by atoms with E-state index >= 15 is 0 Å². The molecule has 0 unspecified atom stereocenters. The van der Waals surface area contributed by atoms with Gasteiger partial charge in [0.25, 0.3) is 0 Å². The van der Waals surface area contributed by atoms with Gasteiger partial charge >= 0.3 is 0 Å². The summed E-state index contributed by atoms with van der Waals surface area (Å²) in [5.41, 5.74) is 1.21. The Kier molecular flexibility index (Phi) is 4.16. The van der Waals surface area contributed by atoms with E-state index in [1.165, 1.54) is 18.2 Å². The average Bonchev–Trinajstić information content (AvgIpc) is 2.38. The van der Waals surface area contributed by atoms with Gasteiger partial charge in [0, 0.05) is 0 Å². The number of nitrogens with zero attached hydrogens (tertiary/aromatic N) is 1. The molecule has 2 aromatic rings. The van der Waals surface area contributed by atoms with E-state index in [2.05, 4.69) is 0 Å². The largest absolute Gasteiger partial charge is 0.228 e. The molecule has 0 aliphatic rings. The lowest BCUT2D eigenvalue weighted by Gasteiger charge is -2.06. The first-order valence-electron chi connectivity index (χ1n) is 5.93. The van der Waals surface area contributed by atoms with Gasteiger partial charge in [0.2, 0.25) is 0 Å². The van der Waals surface area contributed by atoms with E-state index in [-0.39, 0.29) is 11.5 Å². The lowest BCUT2D eigenvalue weighted by Crippen LogP contribution is -2.09. The average molecular weight is 289 g/mol. The van der Waals surface area contributed by atoms with E-state index in [4.69, 9.17) is 5.26 Å². The summed E-state index contributed by atoms with van der Waals surface area (Å²) >= 11 is 0. The Hall–Kier alpha value is -2.19. The molecule has 0 atom stereocenters. The molecule has 3 nitrogen and oxygen atoms in total. The first-order valence-corrected chi connectivity index (χ1v) is 7.75. The van der Waals surface area contributed by atoms with E-state index in [0.717, 1.165) is 0 Å². The Morgan fingerprint density at radius 3 is 2.50 bits per heavy atom. The number of rotatable bonds is 4. The van der Waals surface area contributed by atoms with Crippen LogP contribution in [-0.4, -0.2) is 8.42 Å². The molecule has 0 bridgehead atoms. The molecular formula is C15H12FNO2S. The van der Waals surface area contributed by atoms with Crippen LogP contribution in [0.5, 0.6) is 0 Å². The molecule has 0 saturated heterocycles. The van der Waals surface area contributed by atoms with Gasteiger partial charge in [-0.2, -0.15) is 5.26 Å². The summed E-state index contributed by atoms with van der Waals surface area (Å²) in [5.74, 6) is -0.937. The van der Waals surface area contributed by atoms with Crippen LogP contribution >= 0.6 is 0 Å². The van der Waals surface area contributed by atoms with Crippen molar-refractivity contribution in [2.24, 2.45) is 0 Å². The van der Waals surface area contributed by atoms with Gasteiger partial charge in [-0.1, -0.05) is 30.3 Å². The van der Waals surface area contributed by atoms with Crippen molar-refractivity contribution in [2.45, 2.75) is 11.5 Å². The molecule has 0 saturated carbocycles. The van der Waals surface area contributed by atoms with Crippen molar-refractivity contribution >= 4 is 9.84 Å². The maximum atomic E-state index is 13.1. The second-order valence-corrected chi connectivity index (χ2v) is 6.50. The summed E-state index contributed by atoms with van der Waals surface area (Å²) in [6.07, 6.45) is 0. The van der Waals surface area contributed by atoms with Crippen molar-refractivity contribution in [2.75, 3.05) is 0 Å². The zero-order chi connectivity index (χ0) is 14.6. The van der Waals surface area contributed by atoms with Crippen LogP contribution < -0.4 is 0 Å². The summed E-state index contributed by atoms with van der Waals surface area (Å²) in [7, 11) is -3.45. The zero-order valence-corrected chi connectivity index (χ0v) is 11.4. The van der Waals surface area contributed by atoms with Crippen LogP contribution in [0.4, 0.5) is 4.39 Å². The van der Waals surface area contributed by atoms with Gasteiger partial charge in [-0.25, -0.2) is 12.8 Å². The standard InChI is InChI=1S/C15H12FNO2S/c16-15-7-3-4-12(8-15)10-20(18,19)11-14-6-2-1-5-13(14)9-17/h1-8H,10-11H2. The number of sulfone groups is 1. The third-order valence-electron chi connectivity index (χ3n) is 2.79. The second kappa shape index (κ2) is 5.85. The van der Waals surface area contributed by atoms with Crippen LogP contribution in [0, 0.1) is 17.1 Å². The van der Waals surface area contributed by atoms with Gasteiger partial charge in [0.05, 0.1) is 23.1 Å². The van der Waals surface area contributed by atoms with Gasteiger partial charge in [0.15, 0.2) is 9.84 Å². The molecule has 0 radical (unpaired) electrons. The second-order valence-electron chi connectivity index (χ2n) is 4.43. The minimum atomic E-state index is -3.45. The highest BCUT2D eigenvalue weighted by Gasteiger charge is 2.15. The summed E-state index contributed by atoms with van der Waals surface area (Å²) in [4.78, 5) is 0. The number of benzene rings is 2. The van der Waals surface area contributed by atoms with Crippen molar-refractivity contribution in [3.8, 4) is 6.07 Å². The lowest BCUT2D eigenvalue weighted by molar-refractivity contribution is 0.594. The molecule has 0 fully saturated rings. The Morgan fingerprint density at radius 1 is 1.05 bits per heavy atom. The summed E-state index contributed by atoms with van der Waals surface area (Å²) in [6, 6.07) is 14.0. The Bertz CT molecular complexity index is 763. The van der Waals surface area contributed by atoms with Crippen molar-refractivity contribution in [1.82, 2.24) is 0 Å². The maximum absolute atomic E-state index is 13.1. The van der Waals surface area contributed by atoms with Crippen LogP contribution in [0.1, 0.15) is 16.7 Å². The minimum absolute atomic E-state index is 0.229. The fourth-order valence-electron chi connectivity index (χ4n) is 1.92. The van der Waals surface area contributed by atoms with E-state index in [9.17, 15) is 12.8 Å². The van der Waals surface area contributed by atoms with E-state index < -0.39 is 15.7 Å². The predicted octanol–water partition coefficient (Wildman–Crippen LogP) is 2.81. The molecule has 0 aromatic heterocycles. The Morgan fingerprint density at radius 2 is 1.80 bits per heavy atom. The van der Waals surface area contributed by atoms with E-state index in [0.29, 0.717) is 16.7 Å². The van der Waals surface area contributed by atoms with Crippen LogP contribution in [0.2, 0.25) is 0 Å². The molecule has 0 amide bonds. The fourth-order valence-corrected chi connectivity index (χ4v) is 3.44. The fraction of sp³-hybridized carbons (Fsp3) is 0.133. The minimum Gasteiger partial charge on any atom is -0.228 e. The van der Waals surface area contributed by atoms with Crippen LogP contribution in [0.3, 0.4) is 0 Å². The highest BCUT2D eigenvalue weighted by molar-refractivity contribution is 7.89. The smallest absolute Gasteiger partial charge is 0.158 e. The number of nitriles is 1. The summed E-state index contributed by atoms with van der Waals surface area (Å²) in [5, 5.41) is 8.95. The third-order valence-corrected chi connectivity index (χ3v) is 4.31. The first kappa shape index (κ1) is 14.2. The molecule has 0 heterocycles. The van der Waals surface area contributed by atoms with Crippen molar-refractivity contribution in [1.29, 1.82) is 5.26 Å². The van der Waals surface area contributed by atoms with E-state index in [1.54, 1.807) is 30.3 Å². The Balaban J connectivity index is 2.22. The normalized spacial score (nSPS) is 11.0. The quantitative estimate of drug-likeness (QED) is 0.869. The van der Waals surface area contributed by atoms with Crippen LogP contribution in [-0.2, 0) is 21.3 Å². The zero-order valence-electron chi connectivity index (χ0n) is 10.6. The maximum Gasteiger partial charge on any atom is 0.158 e. The lowest BCUT2D eigenvalue weighted by atomic mass is 10.1. The van der Waals surface area contributed by atoms with Crippen molar-refractivity contribution < 1.29 is 12.8 Å². The highest BCUT2D eigenvalue weighted by Crippen LogP contribution is 2.16. The van der Waals surface area contributed by atoms with Crippen LogP contribution in [0.15, 0.2) is 48.5 Å². The molecule has 0 spiro atoms. The number of hydrogen-bond donors (Lipinski definition) is 0. The molecule has 2 aromatic carbocycles. The topological polar surface area (TPSA) is 57.9 Å². The third kappa shape index (κ3) is 3.65. The molecule has 5 heteroatoms. The monoisotopic (exact) mass is 289 g/mol. The SMILES string of the molecule is N#Cc1ccccc1CS(=O)(=O)Cc1cccc(F)c1. The highest BCUT2D eigenvalue weighted by atomic mass is 32.2. The molecular weight excluding hydrogens is 277 g/mol. The molecule has 102 valence electrons. The molecule has 2 rings (SSSR count). The van der Waals surface area contributed by atoms with Gasteiger partial charge in [-0.15, -0.1) is 0 Å². The van der Waals surface area contributed by atoms with Gasteiger partial charge < -0.3 is 0 Å². The first-order chi connectivity index (χ1) is 9.50. The van der Waals surface area contributed by atoms with Gasteiger partial charge in [0.1, 0.15) is 5.82 Å². The van der Waals surface area contributed by atoms with Crippen LogP contribution in [0.25, 0.3) is 0 Å². The number of halogens is 1. The predicted molar refractivity (Wildman–Crippen MR) is 73.9 cm³/mol. The molecule has 0 N–H and O–H groups in total. The number of hydrogen-bond acceptors (Lipinski definition) is 3. The van der Waals surface area contributed by atoms with Gasteiger partial charge in [-0.3, -0.25) is 0 Å². The van der Waals surface area contributed by atoms with E-state index in [1.807, 2.05) is 6.07 Å². The molecule has 20 heavy (non-hydrogen) atoms. The van der Waals surface area contributed by atoms with Gasteiger partial charge in [-0.05, 0) is 29.3 Å². The Labute approximate surface area is 117 Å². The van der Waals surface area contributed by atoms with Crippen molar-refractivity contribution in [3.63, 3.8) is 0 Å². The summed E-state index contributed by atoms with van der Waals surface area (Å²) < 4.78 is 37.3. The van der Waals surface area contributed by atoms with Crippen molar-refractivity contribution in [3.05, 3.63) is 71.0 Å². The molecule has 0 aliphatic carbocycles.